The Bertz CT molecular complexity index is 510. The van der Waals surface area contributed by atoms with E-state index in [9.17, 15) is 43.2 Å². The number of alkyl halides is 6. The lowest BCUT2D eigenvalue weighted by molar-refractivity contribution is -0.0552. The summed E-state index contributed by atoms with van der Waals surface area (Å²) in [4.78, 5) is 0. The molecule has 0 aromatic carbocycles. The van der Waals surface area contributed by atoms with E-state index in [1.807, 2.05) is 0 Å². The summed E-state index contributed by atoms with van der Waals surface area (Å²) >= 11 is 0. The Labute approximate surface area is 136 Å². The Kier molecular flexibility index (Phi) is 9.82. The highest BCUT2D eigenvalue weighted by Crippen LogP contribution is 2.25. The van der Waals surface area contributed by atoms with E-state index in [0.717, 1.165) is 0 Å². The van der Waals surface area contributed by atoms with E-state index in [2.05, 4.69) is 8.37 Å². The van der Waals surface area contributed by atoms with Crippen LogP contribution in [0.25, 0.3) is 0 Å². The van der Waals surface area contributed by atoms with Crippen molar-refractivity contribution in [3.05, 3.63) is 0 Å². The van der Waals surface area contributed by atoms with Crippen molar-refractivity contribution in [1.82, 2.24) is 0 Å². The maximum Gasteiger partial charge on any atom is 0.523 e. The lowest BCUT2D eigenvalue weighted by atomic mass is 10.2. The van der Waals surface area contributed by atoms with Gasteiger partial charge in [-0.1, -0.05) is 27.7 Å². The molecule has 0 aliphatic rings. The molecule has 0 radical (unpaired) electrons. The van der Waals surface area contributed by atoms with Crippen LogP contribution in [0.15, 0.2) is 0 Å². The van der Waals surface area contributed by atoms with Crippen molar-refractivity contribution in [2.75, 3.05) is 13.2 Å². The number of halogens is 6. The smallest absolute Gasteiger partial charge is 0.263 e. The van der Waals surface area contributed by atoms with Crippen LogP contribution >= 0.6 is 0 Å². The zero-order chi connectivity index (χ0) is 20.0. The van der Waals surface area contributed by atoms with Crippen molar-refractivity contribution in [1.29, 1.82) is 0 Å². The minimum Gasteiger partial charge on any atom is -0.263 e. The summed E-state index contributed by atoms with van der Waals surface area (Å²) in [6.07, 6.45) is 0. The second-order valence-corrected chi connectivity index (χ2v) is 8.37. The fourth-order valence-electron chi connectivity index (χ4n) is 0.585. The third-order valence-corrected chi connectivity index (χ3v) is 3.71. The Morgan fingerprint density at radius 1 is 0.667 bits per heavy atom. The first-order valence-electron chi connectivity index (χ1n) is 6.25. The van der Waals surface area contributed by atoms with Crippen LogP contribution in [0.5, 0.6) is 0 Å². The predicted octanol–water partition coefficient (Wildman–Crippen LogP) is 3.02. The molecule has 0 rings (SSSR count). The van der Waals surface area contributed by atoms with Crippen LogP contribution in [-0.4, -0.2) is 41.1 Å². The molecule has 0 aromatic heterocycles. The summed E-state index contributed by atoms with van der Waals surface area (Å²) in [6, 6.07) is 0. The largest absolute Gasteiger partial charge is 0.523 e. The number of rotatable bonds is 6. The average Bonchev–Trinajstić information content (AvgIpc) is 2.32. The molecule has 0 spiro atoms. The predicted molar refractivity (Wildman–Crippen MR) is 71.5 cm³/mol. The van der Waals surface area contributed by atoms with Crippen LogP contribution < -0.4 is 0 Å². The van der Waals surface area contributed by atoms with Gasteiger partial charge in [0.05, 0.1) is 13.2 Å². The van der Waals surface area contributed by atoms with E-state index in [4.69, 9.17) is 0 Å². The quantitative estimate of drug-likeness (QED) is 0.379. The van der Waals surface area contributed by atoms with Gasteiger partial charge in [0.1, 0.15) is 0 Å². The fraction of sp³-hybridized carbons (Fsp3) is 1.00. The van der Waals surface area contributed by atoms with E-state index in [-0.39, 0.29) is 11.8 Å². The first-order valence-corrected chi connectivity index (χ1v) is 9.06. The molecule has 24 heavy (non-hydrogen) atoms. The zero-order valence-electron chi connectivity index (χ0n) is 13.1. The highest BCUT2D eigenvalue weighted by molar-refractivity contribution is 7.87. The van der Waals surface area contributed by atoms with Crippen LogP contribution in [-0.2, 0) is 28.6 Å². The van der Waals surface area contributed by atoms with Gasteiger partial charge in [0.2, 0.25) is 0 Å². The maximum absolute atomic E-state index is 11.6. The monoisotopic (exact) mass is 412 g/mol. The fourth-order valence-corrected chi connectivity index (χ4v) is 1.75. The summed E-state index contributed by atoms with van der Waals surface area (Å²) in [7, 11) is -10.8. The molecule has 0 fully saturated rings. The van der Waals surface area contributed by atoms with Gasteiger partial charge < -0.3 is 0 Å². The number of hydrogen-bond acceptors (Lipinski definition) is 6. The van der Waals surface area contributed by atoms with Crippen molar-refractivity contribution in [3.63, 3.8) is 0 Å². The van der Waals surface area contributed by atoms with Crippen molar-refractivity contribution in [2.45, 2.75) is 38.7 Å². The lowest BCUT2D eigenvalue weighted by Crippen LogP contribution is -2.26. The normalized spacial score (nSPS) is 13.8. The topological polar surface area (TPSA) is 86.7 Å². The van der Waals surface area contributed by atoms with E-state index >= 15 is 0 Å². The molecule has 0 aliphatic carbocycles. The van der Waals surface area contributed by atoms with Gasteiger partial charge >= 0.3 is 31.3 Å². The van der Waals surface area contributed by atoms with Gasteiger partial charge in [0, 0.05) is 0 Å². The van der Waals surface area contributed by atoms with Crippen molar-refractivity contribution in [2.24, 2.45) is 11.8 Å². The third-order valence-electron chi connectivity index (χ3n) is 1.68. The molecular formula is C10H18F6O6S2. The zero-order valence-corrected chi connectivity index (χ0v) is 14.7. The Morgan fingerprint density at radius 3 is 1.00 bits per heavy atom. The van der Waals surface area contributed by atoms with E-state index in [1.54, 1.807) is 27.7 Å². The molecule has 0 aliphatic heterocycles. The summed E-state index contributed by atoms with van der Waals surface area (Å²) in [6.45, 7) is 5.28. The van der Waals surface area contributed by atoms with Gasteiger partial charge in [0.15, 0.2) is 0 Å². The van der Waals surface area contributed by atoms with Gasteiger partial charge in [-0.25, -0.2) is 0 Å². The van der Waals surface area contributed by atoms with Gasteiger partial charge in [-0.05, 0) is 11.8 Å². The highest BCUT2D eigenvalue weighted by atomic mass is 32.2. The Balaban J connectivity index is 0. The van der Waals surface area contributed by atoms with E-state index < -0.39 is 44.5 Å². The minimum absolute atomic E-state index is 0.262. The average molecular weight is 412 g/mol. The molecular weight excluding hydrogens is 394 g/mol. The SMILES string of the molecule is CC(C)COS(=O)(=O)C(F)(F)F.CC(C)COS(=O)(=O)C(F)(F)F. The molecule has 0 N–H and O–H groups in total. The third kappa shape index (κ3) is 10.3. The molecule has 0 amide bonds. The first kappa shape index (κ1) is 25.6. The van der Waals surface area contributed by atoms with Crippen molar-refractivity contribution in [3.8, 4) is 0 Å². The van der Waals surface area contributed by atoms with Gasteiger partial charge in [-0.3, -0.25) is 8.37 Å². The van der Waals surface area contributed by atoms with Crippen molar-refractivity contribution < 1.29 is 51.5 Å². The summed E-state index contributed by atoms with van der Waals surface area (Å²) in [5.74, 6) is -0.524. The van der Waals surface area contributed by atoms with Crippen molar-refractivity contribution >= 4 is 20.2 Å². The minimum atomic E-state index is -5.39. The van der Waals surface area contributed by atoms with Crippen LogP contribution in [0.2, 0.25) is 0 Å². The summed E-state index contributed by atoms with van der Waals surface area (Å²) in [5, 5.41) is 0. The molecule has 0 unspecified atom stereocenters. The second kappa shape index (κ2) is 9.20. The molecule has 0 aromatic rings. The summed E-state index contributed by atoms with van der Waals surface area (Å²) < 4.78 is 118. The van der Waals surface area contributed by atoms with Crippen LogP contribution in [0, 0.1) is 11.8 Å². The maximum atomic E-state index is 11.6. The van der Waals surface area contributed by atoms with E-state index in [0.29, 0.717) is 0 Å². The Hall–Kier alpha value is -0.600. The van der Waals surface area contributed by atoms with Gasteiger partial charge in [0.25, 0.3) is 0 Å². The van der Waals surface area contributed by atoms with Gasteiger partial charge in [-0.2, -0.15) is 43.2 Å². The van der Waals surface area contributed by atoms with Crippen LogP contribution in [0.4, 0.5) is 26.3 Å². The summed E-state index contributed by atoms with van der Waals surface area (Å²) in [5.41, 5.74) is -10.6. The molecule has 0 atom stereocenters. The van der Waals surface area contributed by atoms with E-state index in [1.165, 1.54) is 0 Å². The molecule has 148 valence electrons. The molecule has 0 bridgehead atoms. The second-order valence-electron chi connectivity index (χ2n) is 5.16. The standard InChI is InChI=1S/2C5H9F3O3S/c2*1-4(2)3-11-12(9,10)5(6,7)8/h2*4H,3H2,1-2H3. The molecule has 0 heterocycles. The first-order chi connectivity index (χ1) is 10.3. The molecule has 14 heteroatoms. The Morgan fingerprint density at radius 2 is 0.875 bits per heavy atom. The highest BCUT2D eigenvalue weighted by Gasteiger charge is 2.47. The molecule has 0 saturated heterocycles. The number of hydrogen-bond donors (Lipinski definition) is 0. The molecule has 0 saturated carbocycles. The van der Waals surface area contributed by atoms with Gasteiger partial charge in [-0.15, -0.1) is 0 Å². The van der Waals surface area contributed by atoms with Crippen LogP contribution in [0.3, 0.4) is 0 Å². The lowest BCUT2D eigenvalue weighted by Gasteiger charge is -2.09. The molecule has 6 nitrogen and oxygen atoms in total. The van der Waals surface area contributed by atoms with Crippen LogP contribution in [0.1, 0.15) is 27.7 Å².